The lowest BCUT2D eigenvalue weighted by atomic mass is 10.0. The zero-order valence-corrected chi connectivity index (χ0v) is 8.08. The summed E-state index contributed by atoms with van der Waals surface area (Å²) >= 11 is 0. The van der Waals surface area contributed by atoms with Crippen molar-refractivity contribution in [3.05, 3.63) is 29.3 Å². The number of nitrogen functional groups attached to an aromatic ring is 1. The minimum Gasteiger partial charge on any atom is -0.399 e. The van der Waals surface area contributed by atoms with Gasteiger partial charge < -0.3 is 16.2 Å². The topological polar surface area (TPSA) is 61.3 Å². The average molecular weight is 180 g/mol. The van der Waals surface area contributed by atoms with E-state index >= 15 is 0 Å². The van der Waals surface area contributed by atoms with Crippen molar-refractivity contribution in [2.45, 2.75) is 13.0 Å². The van der Waals surface area contributed by atoms with Crippen LogP contribution < -0.4 is 11.5 Å². The van der Waals surface area contributed by atoms with E-state index < -0.39 is 0 Å². The molecule has 1 atom stereocenters. The lowest BCUT2D eigenvalue weighted by Gasteiger charge is -2.12. The molecule has 0 radical (unpaired) electrons. The molecule has 0 unspecified atom stereocenters. The van der Waals surface area contributed by atoms with Crippen LogP contribution in [0.5, 0.6) is 0 Å². The third-order valence-electron chi connectivity index (χ3n) is 2.07. The molecule has 1 aromatic rings. The maximum absolute atomic E-state index is 5.86. The molecular weight excluding hydrogens is 164 g/mol. The van der Waals surface area contributed by atoms with Crippen LogP contribution in [-0.4, -0.2) is 13.7 Å². The fourth-order valence-corrected chi connectivity index (χ4v) is 1.21. The van der Waals surface area contributed by atoms with Gasteiger partial charge in [-0.3, -0.25) is 0 Å². The molecule has 0 spiro atoms. The lowest BCUT2D eigenvalue weighted by Crippen LogP contribution is -2.16. The van der Waals surface area contributed by atoms with E-state index in [-0.39, 0.29) is 6.04 Å². The van der Waals surface area contributed by atoms with E-state index in [4.69, 9.17) is 16.2 Å². The largest absolute Gasteiger partial charge is 0.399 e. The van der Waals surface area contributed by atoms with Crippen LogP contribution in [0.3, 0.4) is 0 Å². The molecule has 3 nitrogen and oxygen atoms in total. The molecule has 0 aliphatic carbocycles. The summed E-state index contributed by atoms with van der Waals surface area (Å²) in [6.07, 6.45) is 0. The fourth-order valence-electron chi connectivity index (χ4n) is 1.21. The van der Waals surface area contributed by atoms with Crippen LogP contribution in [0.1, 0.15) is 17.2 Å². The van der Waals surface area contributed by atoms with Gasteiger partial charge in [0.1, 0.15) is 0 Å². The molecule has 0 aromatic heterocycles. The van der Waals surface area contributed by atoms with Crippen molar-refractivity contribution in [1.29, 1.82) is 0 Å². The molecule has 0 amide bonds. The number of aryl methyl sites for hydroxylation is 1. The van der Waals surface area contributed by atoms with E-state index in [1.807, 2.05) is 25.1 Å². The Morgan fingerprint density at radius 3 is 2.69 bits per heavy atom. The van der Waals surface area contributed by atoms with Crippen molar-refractivity contribution >= 4 is 5.69 Å². The van der Waals surface area contributed by atoms with Gasteiger partial charge in [0.25, 0.3) is 0 Å². The van der Waals surface area contributed by atoms with Crippen LogP contribution in [0.15, 0.2) is 18.2 Å². The van der Waals surface area contributed by atoms with Gasteiger partial charge in [-0.25, -0.2) is 0 Å². The van der Waals surface area contributed by atoms with Crippen LogP contribution >= 0.6 is 0 Å². The number of hydrogen-bond acceptors (Lipinski definition) is 3. The Labute approximate surface area is 78.7 Å². The Balaban J connectivity index is 2.84. The highest BCUT2D eigenvalue weighted by atomic mass is 16.5. The zero-order valence-electron chi connectivity index (χ0n) is 8.08. The second-order valence-corrected chi connectivity index (χ2v) is 3.18. The van der Waals surface area contributed by atoms with E-state index in [2.05, 4.69) is 0 Å². The van der Waals surface area contributed by atoms with Crippen molar-refractivity contribution in [2.24, 2.45) is 5.73 Å². The van der Waals surface area contributed by atoms with Gasteiger partial charge in [0.05, 0.1) is 12.6 Å². The first-order chi connectivity index (χ1) is 6.15. The van der Waals surface area contributed by atoms with Crippen molar-refractivity contribution in [2.75, 3.05) is 19.5 Å². The van der Waals surface area contributed by atoms with E-state index in [0.29, 0.717) is 6.61 Å². The predicted molar refractivity (Wildman–Crippen MR) is 54.4 cm³/mol. The summed E-state index contributed by atoms with van der Waals surface area (Å²) in [4.78, 5) is 0. The molecule has 4 N–H and O–H groups in total. The molecule has 0 saturated carbocycles. The van der Waals surface area contributed by atoms with Crippen molar-refractivity contribution in [1.82, 2.24) is 0 Å². The molecule has 1 rings (SSSR count). The van der Waals surface area contributed by atoms with Crippen LogP contribution in [0.4, 0.5) is 5.69 Å². The number of nitrogens with two attached hydrogens (primary N) is 2. The number of benzene rings is 1. The molecule has 0 aliphatic rings. The monoisotopic (exact) mass is 180 g/mol. The molecule has 72 valence electrons. The molecule has 0 bridgehead atoms. The highest BCUT2D eigenvalue weighted by Crippen LogP contribution is 2.17. The number of anilines is 1. The summed E-state index contributed by atoms with van der Waals surface area (Å²) in [5.41, 5.74) is 14.5. The number of rotatable bonds is 3. The zero-order chi connectivity index (χ0) is 9.84. The van der Waals surface area contributed by atoms with Crippen molar-refractivity contribution in [3.8, 4) is 0 Å². The molecular formula is C10H16N2O. The van der Waals surface area contributed by atoms with Gasteiger partial charge in [-0.1, -0.05) is 12.1 Å². The van der Waals surface area contributed by atoms with E-state index in [1.54, 1.807) is 7.11 Å². The summed E-state index contributed by atoms with van der Waals surface area (Å²) in [7, 11) is 1.64. The molecule has 0 heterocycles. The summed E-state index contributed by atoms with van der Waals surface area (Å²) in [6, 6.07) is 5.75. The third-order valence-corrected chi connectivity index (χ3v) is 2.07. The summed E-state index contributed by atoms with van der Waals surface area (Å²) < 4.78 is 4.97. The molecule has 13 heavy (non-hydrogen) atoms. The van der Waals surface area contributed by atoms with E-state index in [1.165, 1.54) is 0 Å². The fraction of sp³-hybridized carbons (Fsp3) is 0.400. The Kier molecular flexibility index (Phi) is 3.28. The maximum atomic E-state index is 5.86. The highest BCUT2D eigenvalue weighted by molar-refractivity contribution is 5.48. The first kappa shape index (κ1) is 10.0. The SMILES string of the molecule is COC[C@@H](N)c1ccc(N)c(C)c1. The van der Waals surface area contributed by atoms with Gasteiger partial charge in [-0.15, -0.1) is 0 Å². The maximum Gasteiger partial charge on any atom is 0.0655 e. The van der Waals surface area contributed by atoms with Gasteiger partial charge in [-0.05, 0) is 24.1 Å². The van der Waals surface area contributed by atoms with Gasteiger partial charge in [-0.2, -0.15) is 0 Å². The number of ether oxygens (including phenoxy) is 1. The Morgan fingerprint density at radius 1 is 1.46 bits per heavy atom. The summed E-state index contributed by atoms with van der Waals surface area (Å²) in [6.45, 7) is 2.50. The molecule has 0 fully saturated rings. The predicted octanol–water partition coefficient (Wildman–Crippen LogP) is 1.22. The first-order valence-electron chi connectivity index (χ1n) is 4.25. The van der Waals surface area contributed by atoms with Crippen molar-refractivity contribution in [3.63, 3.8) is 0 Å². The standard InChI is InChI=1S/C10H16N2O/c1-7-5-8(3-4-9(7)11)10(12)6-13-2/h3-5,10H,6,11-12H2,1-2H3/t10-/m1/s1. The smallest absolute Gasteiger partial charge is 0.0655 e. The van der Waals surface area contributed by atoms with E-state index in [0.717, 1.165) is 16.8 Å². The number of hydrogen-bond donors (Lipinski definition) is 2. The molecule has 1 aromatic carbocycles. The third kappa shape index (κ3) is 2.44. The molecule has 3 heteroatoms. The van der Waals surface area contributed by atoms with Gasteiger partial charge in [0, 0.05) is 12.8 Å². The van der Waals surface area contributed by atoms with Crippen LogP contribution in [0.2, 0.25) is 0 Å². The minimum absolute atomic E-state index is 0.0655. The van der Waals surface area contributed by atoms with Crippen LogP contribution in [-0.2, 0) is 4.74 Å². The Bertz CT molecular complexity index is 286. The number of methoxy groups -OCH3 is 1. The van der Waals surface area contributed by atoms with Gasteiger partial charge >= 0.3 is 0 Å². The summed E-state index contributed by atoms with van der Waals surface area (Å²) in [5, 5.41) is 0. The Hall–Kier alpha value is -1.06. The Morgan fingerprint density at radius 2 is 2.15 bits per heavy atom. The second kappa shape index (κ2) is 4.25. The summed E-state index contributed by atoms with van der Waals surface area (Å²) in [5.74, 6) is 0. The highest BCUT2D eigenvalue weighted by Gasteiger charge is 2.05. The molecule has 0 saturated heterocycles. The van der Waals surface area contributed by atoms with Gasteiger partial charge in [0.15, 0.2) is 0 Å². The normalized spacial score (nSPS) is 12.8. The molecule has 0 aliphatic heterocycles. The van der Waals surface area contributed by atoms with E-state index in [9.17, 15) is 0 Å². The van der Waals surface area contributed by atoms with Crippen molar-refractivity contribution < 1.29 is 4.74 Å². The second-order valence-electron chi connectivity index (χ2n) is 3.18. The van der Waals surface area contributed by atoms with Crippen LogP contribution in [0.25, 0.3) is 0 Å². The van der Waals surface area contributed by atoms with Gasteiger partial charge in [0.2, 0.25) is 0 Å². The lowest BCUT2D eigenvalue weighted by molar-refractivity contribution is 0.181. The first-order valence-corrected chi connectivity index (χ1v) is 4.25. The van der Waals surface area contributed by atoms with Crippen LogP contribution in [0, 0.1) is 6.92 Å². The quantitative estimate of drug-likeness (QED) is 0.687. The average Bonchev–Trinajstić information content (AvgIpc) is 2.10. The minimum atomic E-state index is -0.0655.